The van der Waals surface area contributed by atoms with Crippen LogP contribution in [0.1, 0.15) is 74.1 Å². The van der Waals surface area contributed by atoms with Gasteiger partial charge in [-0.1, -0.05) is 27.4 Å². The van der Waals surface area contributed by atoms with E-state index in [2.05, 4.69) is 20.4 Å². The lowest BCUT2D eigenvalue weighted by Gasteiger charge is -2.67. The van der Waals surface area contributed by atoms with Crippen molar-refractivity contribution < 1.29 is 42.9 Å². The molecule has 0 radical (unpaired) electrons. The smallest absolute Gasteiger partial charge is 0.302 e. The highest BCUT2D eigenvalue weighted by molar-refractivity contribution is 6.05. The Labute approximate surface area is 217 Å². The van der Waals surface area contributed by atoms with Gasteiger partial charge in [0.1, 0.15) is 29.8 Å². The zero-order chi connectivity index (χ0) is 27.7. The largest absolute Gasteiger partial charge is 0.462 e. The summed E-state index contributed by atoms with van der Waals surface area (Å²) in [5, 5.41) is 0. The molecular weight excluding hydrogens is 480 g/mol. The Morgan fingerprint density at radius 3 is 1.89 bits per heavy atom. The Hall–Kier alpha value is -2.71. The Morgan fingerprint density at radius 1 is 0.811 bits per heavy atom. The number of rotatable bonds is 4. The summed E-state index contributed by atoms with van der Waals surface area (Å²) < 4.78 is 23.7. The molecule has 0 aliphatic heterocycles. The minimum atomic E-state index is -1.53. The zero-order valence-corrected chi connectivity index (χ0v) is 22.8. The van der Waals surface area contributed by atoms with Gasteiger partial charge in [0.25, 0.3) is 0 Å². The molecule has 0 aromatic carbocycles. The lowest BCUT2D eigenvalue weighted by Crippen LogP contribution is -2.74. The molecule has 4 saturated carbocycles. The van der Waals surface area contributed by atoms with Crippen LogP contribution >= 0.6 is 0 Å². The monoisotopic (exact) mass is 518 g/mol. The summed E-state index contributed by atoms with van der Waals surface area (Å²) in [5.41, 5.74) is -2.41. The second kappa shape index (κ2) is 8.95. The molecule has 2 bridgehead atoms. The van der Waals surface area contributed by atoms with E-state index in [1.54, 1.807) is 0 Å². The van der Waals surface area contributed by atoms with Crippen LogP contribution in [0, 0.1) is 34.0 Å². The van der Waals surface area contributed by atoms with Crippen molar-refractivity contribution in [3.8, 4) is 0 Å². The minimum absolute atomic E-state index is 0.174. The average Bonchev–Trinajstić information content (AvgIpc) is 2.87. The van der Waals surface area contributed by atoms with E-state index in [-0.39, 0.29) is 29.1 Å². The van der Waals surface area contributed by atoms with Crippen molar-refractivity contribution in [3.05, 3.63) is 12.2 Å². The van der Waals surface area contributed by atoms with E-state index in [0.717, 1.165) is 6.42 Å². The van der Waals surface area contributed by atoms with Gasteiger partial charge in [-0.15, -0.1) is 0 Å². The van der Waals surface area contributed by atoms with E-state index in [4.69, 9.17) is 18.9 Å². The van der Waals surface area contributed by atoms with Crippen LogP contribution in [-0.2, 0) is 42.9 Å². The number of ether oxygens (including phenoxy) is 4. The van der Waals surface area contributed by atoms with Crippen molar-refractivity contribution in [2.45, 2.75) is 98.6 Å². The van der Waals surface area contributed by atoms with E-state index >= 15 is 0 Å². The van der Waals surface area contributed by atoms with Gasteiger partial charge in [-0.25, -0.2) is 0 Å². The first-order valence-corrected chi connectivity index (χ1v) is 13.0. The lowest BCUT2D eigenvalue weighted by atomic mass is 9.38. The lowest BCUT2D eigenvalue weighted by molar-refractivity contribution is -0.283. The van der Waals surface area contributed by atoms with Crippen LogP contribution in [0.4, 0.5) is 0 Å². The molecular formula is C28H38O9. The van der Waals surface area contributed by atoms with Crippen molar-refractivity contribution >= 4 is 29.7 Å². The topological polar surface area (TPSA) is 122 Å². The first-order valence-electron chi connectivity index (χ1n) is 13.0. The fourth-order valence-electron chi connectivity index (χ4n) is 8.69. The van der Waals surface area contributed by atoms with Crippen LogP contribution < -0.4 is 0 Å². The summed E-state index contributed by atoms with van der Waals surface area (Å²) in [5.74, 6) is -3.98. The number of fused-ring (bicyclic) bond motifs is 3. The summed E-state index contributed by atoms with van der Waals surface area (Å²) in [6.45, 7) is 15.5. The molecule has 4 aliphatic carbocycles. The summed E-state index contributed by atoms with van der Waals surface area (Å²) >= 11 is 0. The van der Waals surface area contributed by atoms with Gasteiger partial charge >= 0.3 is 23.9 Å². The molecule has 9 heteroatoms. The second-order valence-corrected chi connectivity index (χ2v) is 12.2. The third kappa shape index (κ3) is 3.91. The number of hydrogen-bond donors (Lipinski definition) is 0. The zero-order valence-electron chi connectivity index (χ0n) is 22.8. The Balaban J connectivity index is 2.05. The molecule has 37 heavy (non-hydrogen) atoms. The van der Waals surface area contributed by atoms with Crippen molar-refractivity contribution in [2.24, 2.45) is 34.0 Å². The maximum absolute atomic E-state index is 14.3. The second-order valence-electron chi connectivity index (χ2n) is 12.2. The molecule has 9 atom stereocenters. The maximum atomic E-state index is 14.3. The number of esters is 4. The standard InChI is InChI=1S/C28H38O9/c1-13-18-11-19(34-14(2)29)23-27(8)20(26(6,7)10-9-21(27)35-15(3)30)12-22(36-16(4)31)28(23,24(13)33)25(18)37-17(5)32/h18-23,25H,1,9-12H2,2-8H3/t18-,19-,20+,21-,22+,23-,25+,27-,28+/m0/s1. The molecule has 0 N–H and O–H groups in total. The third-order valence-electron chi connectivity index (χ3n) is 9.66. The summed E-state index contributed by atoms with van der Waals surface area (Å²) in [6.07, 6.45) is -1.44. The molecule has 4 fully saturated rings. The highest BCUT2D eigenvalue weighted by Crippen LogP contribution is 2.72. The normalized spacial score (nSPS) is 41.6. The Morgan fingerprint density at radius 2 is 1.35 bits per heavy atom. The molecule has 0 amide bonds. The van der Waals surface area contributed by atoms with Gasteiger partial charge in [0, 0.05) is 44.9 Å². The highest BCUT2D eigenvalue weighted by Gasteiger charge is 2.80. The molecule has 0 aromatic rings. The molecule has 0 aromatic heterocycles. The summed E-state index contributed by atoms with van der Waals surface area (Å²) in [6, 6.07) is 0. The third-order valence-corrected chi connectivity index (χ3v) is 9.66. The van der Waals surface area contributed by atoms with E-state index in [9.17, 15) is 24.0 Å². The highest BCUT2D eigenvalue weighted by atomic mass is 16.6. The van der Waals surface area contributed by atoms with Crippen LogP contribution in [0.25, 0.3) is 0 Å². The molecule has 1 spiro atoms. The van der Waals surface area contributed by atoms with Gasteiger partial charge < -0.3 is 18.9 Å². The van der Waals surface area contributed by atoms with Gasteiger partial charge in [0.15, 0.2) is 5.78 Å². The molecule has 0 saturated heterocycles. The van der Waals surface area contributed by atoms with Crippen LogP contribution in [-0.4, -0.2) is 54.1 Å². The Kier molecular flexibility index (Phi) is 6.61. The molecule has 9 nitrogen and oxygen atoms in total. The average molecular weight is 519 g/mol. The van der Waals surface area contributed by atoms with E-state index in [1.807, 2.05) is 6.92 Å². The van der Waals surface area contributed by atoms with Gasteiger partial charge in [-0.3, -0.25) is 24.0 Å². The van der Waals surface area contributed by atoms with E-state index in [1.165, 1.54) is 27.7 Å². The molecule has 0 heterocycles. The van der Waals surface area contributed by atoms with Crippen LogP contribution in [0.15, 0.2) is 12.2 Å². The Bertz CT molecular complexity index is 1060. The quantitative estimate of drug-likeness (QED) is 0.313. The number of ketones is 1. The fourth-order valence-corrected chi connectivity index (χ4v) is 8.69. The number of hydrogen-bond acceptors (Lipinski definition) is 9. The predicted molar refractivity (Wildman–Crippen MR) is 130 cm³/mol. The summed E-state index contributed by atoms with van der Waals surface area (Å²) in [4.78, 5) is 63.8. The van der Waals surface area contributed by atoms with Crippen LogP contribution in [0.2, 0.25) is 0 Å². The van der Waals surface area contributed by atoms with Crippen LogP contribution in [0.3, 0.4) is 0 Å². The van der Waals surface area contributed by atoms with Gasteiger partial charge in [0.2, 0.25) is 0 Å². The number of carbonyl (C=O) groups is 5. The van der Waals surface area contributed by atoms with Crippen molar-refractivity contribution in [2.75, 3.05) is 0 Å². The first-order chi connectivity index (χ1) is 17.1. The SMILES string of the molecule is C=C1C(=O)[C@]23[C@H](OC(C)=O)[C@H]1C[C@H](OC(C)=O)[C@H]2[C@]1(C)[C@@H](OC(C)=O)CCC(C)(C)[C@H]1C[C@H]3OC(C)=O. The molecule has 4 aliphatic rings. The van der Waals surface area contributed by atoms with Crippen molar-refractivity contribution in [3.63, 3.8) is 0 Å². The van der Waals surface area contributed by atoms with Crippen molar-refractivity contribution in [1.29, 1.82) is 0 Å². The first kappa shape index (κ1) is 27.3. The van der Waals surface area contributed by atoms with Crippen LogP contribution in [0.5, 0.6) is 0 Å². The van der Waals surface area contributed by atoms with Gasteiger partial charge in [-0.05, 0) is 42.6 Å². The van der Waals surface area contributed by atoms with Gasteiger partial charge in [-0.2, -0.15) is 0 Å². The van der Waals surface area contributed by atoms with Gasteiger partial charge in [0.05, 0.1) is 0 Å². The van der Waals surface area contributed by atoms with Crippen molar-refractivity contribution in [1.82, 2.24) is 0 Å². The minimum Gasteiger partial charge on any atom is -0.462 e. The van der Waals surface area contributed by atoms with E-state index < -0.39 is 71.0 Å². The maximum Gasteiger partial charge on any atom is 0.302 e. The summed E-state index contributed by atoms with van der Waals surface area (Å²) in [7, 11) is 0. The molecule has 0 unspecified atom stereocenters. The predicted octanol–water partition coefficient (Wildman–Crippen LogP) is 3.32. The molecule has 204 valence electrons. The molecule has 4 rings (SSSR count). The van der Waals surface area contributed by atoms with E-state index in [0.29, 0.717) is 12.8 Å². The number of Topliss-reactive ketones (excluding diaryl/α,β-unsaturated/α-hetero) is 1. The fraction of sp³-hybridized carbons (Fsp3) is 0.750. The number of carbonyl (C=O) groups excluding carboxylic acids is 5.